The predicted octanol–water partition coefficient (Wildman–Crippen LogP) is 1.27. The summed E-state index contributed by atoms with van der Waals surface area (Å²) in [6.07, 6.45) is 5.15. The number of nitrogens with one attached hydrogen (secondary N) is 1. The molecular weight excluding hydrogens is 232 g/mol. The molecule has 1 atom stereocenters. The van der Waals surface area contributed by atoms with Crippen LogP contribution in [0.25, 0.3) is 0 Å². The maximum absolute atomic E-state index is 12.1. The summed E-state index contributed by atoms with van der Waals surface area (Å²) in [6.45, 7) is 2.33. The third kappa shape index (κ3) is 3.98. The highest BCUT2D eigenvalue weighted by Gasteiger charge is 2.38. The van der Waals surface area contributed by atoms with Gasteiger partial charge in [0.25, 0.3) is 0 Å². The van der Waals surface area contributed by atoms with Gasteiger partial charge in [0.2, 0.25) is 5.91 Å². The summed E-state index contributed by atoms with van der Waals surface area (Å²) < 4.78 is 0. The van der Waals surface area contributed by atoms with Crippen LogP contribution in [0.5, 0.6) is 0 Å². The molecule has 1 aliphatic rings. The van der Waals surface area contributed by atoms with E-state index in [1.54, 1.807) is 0 Å². The minimum atomic E-state index is -0.850. The second-order valence-electron chi connectivity index (χ2n) is 5.27. The summed E-state index contributed by atoms with van der Waals surface area (Å²) in [4.78, 5) is 23.1. The first-order valence-electron chi connectivity index (χ1n) is 6.77. The predicted molar refractivity (Wildman–Crippen MR) is 69.0 cm³/mol. The molecule has 5 nitrogen and oxygen atoms in total. The molecular formula is C13H24N2O3. The van der Waals surface area contributed by atoms with E-state index < -0.39 is 11.5 Å². The van der Waals surface area contributed by atoms with Gasteiger partial charge >= 0.3 is 5.97 Å². The molecule has 0 aromatic carbocycles. The van der Waals surface area contributed by atoms with Crippen LogP contribution in [-0.4, -0.2) is 29.1 Å². The van der Waals surface area contributed by atoms with Crippen LogP contribution in [0.2, 0.25) is 0 Å². The molecule has 0 aromatic rings. The van der Waals surface area contributed by atoms with E-state index >= 15 is 0 Å². The fourth-order valence-electron chi connectivity index (χ4n) is 2.76. The zero-order valence-electron chi connectivity index (χ0n) is 11.1. The Bertz CT molecular complexity index is 299. The quantitative estimate of drug-likeness (QED) is 0.639. The number of hydrogen-bond donors (Lipinski definition) is 3. The van der Waals surface area contributed by atoms with E-state index in [1.807, 2.05) is 6.92 Å². The molecule has 0 aliphatic heterocycles. The van der Waals surface area contributed by atoms with Crippen LogP contribution in [0.1, 0.15) is 51.9 Å². The molecule has 1 aliphatic carbocycles. The Hall–Kier alpha value is -1.10. The number of carbonyl (C=O) groups excluding carboxylic acids is 1. The normalized spacial score (nSPS) is 19.4. The average molecular weight is 256 g/mol. The lowest BCUT2D eigenvalue weighted by atomic mass is 9.91. The molecule has 104 valence electrons. The highest BCUT2D eigenvalue weighted by molar-refractivity contribution is 5.80. The Morgan fingerprint density at radius 1 is 1.39 bits per heavy atom. The molecule has 1 amide bonds. The molecule has 1 saturated carbocycles. The second-order valence-corrected chi connectivity index (χ2v) is 5.27. The number of hydrogen-bond acceptors (Lipinski definition) is 3. The monoisotopic (exact) mass is 256 g/mol. The number of carbonyl (C=O) groups is 2. The van der Waals surface area contributed by atoms with E-state index in [0.717, 1.165) is 38.5 Å². The SMILES string of the molecule is CCCC(CN)C(=O)NC1(CC(=O)O)CCCC1. The smallest absolute Gasteiger partial charge is 0.305 e. The van der Waals surface area contributed by atoms with Crippen molar-refractivity contribution in [2.24, 2.45) is 11.7 Å². The largest absolute Gasteiger partial charge is 0.481 e. The number of amides is 1. The molecule has 4 N–H and O–H groups in total. The van der Waals surface area contributed by atoms with E-state index in [2.05, 4.69) is 5.32 Å². The van der Waals surface area contributed by atoms with Gasteiger partial charge in [0.05, 0.1) is 17.9 Å². The summed E-state index contributed by atoms with van der Waals surface area (Å²) in [5, 5.41) is 11.9. The van der Waals surface area contributed by atoms with Crippen LogP contribution in [-0.2, 0) is 9.59 Å². The van der Waals surface area contributed by atoms with Crippen LogP contribution in [0.4, 0.5) is 0 Å². The van der Waals surface area contributed by atoms with Gasteiger partial charge in [-0.1, -0.05) is 26.2 Å². The van der Waals surface area contributed by atoms with Crippen LogP contribution in [0.15, 0.2) is 0 Å². The lowest BCUT2D eigenvalue weighted by Gasteiger charge is -2.30. The van der Waals surface area contributed by atoms with Crippen LogP contribution in [0, 0.1) is 5.92 Å². The van der Waals surface area contributed by atoms with Gasteiger partial charge in [-0.2, -0.15) is 0 Å². The summed E-state index contributed by atoms with van der Waals surface area (Å²) in [6, 6.07) is 0. The van der Waals surface area contributed by atoms with Crippen LogP contribution < -0.4 is 11.1 Å². The molecule has 0 heterocycles. The van der Waals surface area contributed by atoms with Crippen molar-refractivity contribution in [1.82, 2.24) is 5.32 Å². The first kappa shape index (κ1) is 15.0. The standard InChI is InChI=1S/C13H24N2O3/c1-2-5-10(9-14)12(18)15-13(8-11(16)17)6-3-4-7-13/h10H,2-9,14H2,1H3,(H,15,18)(H,16,17). The van der Waals surface area contributed by atoms with Crippen molar-refractivity contribution in [3.8, 4) is 0 Å². The molecule has 18 heavy (non-hydrogen) atoms. The minimum Gasteiger partial charge on any atom is -0.481 e. The molecule has 5 heteroatoms. The Kier molecular flexibility index (Phi) is 5.59. The fraction of sp³-hybridized carbons (Fsp3) is 0.846. The van der Waals surface area contributed by atoms with Crippen molar-refractivity contribution in [3.63, 3.8) is 0 Å². The van der Waals surface area contributed by atoms with E-state index in [-0.39, 0.29) is 18.2 Å². The van der Waals surface area contributed by atoms with Gasteiger partial charge in [0.1, 0.15) is 0 Å². The van der Waals surface area contributed by atoms with Gasteiger partial charge in [-0.3, -0.25) is 9.59 Å². The van der Waals surface area contributed by atoms with Crippen molar-refractivity contribution in [3.05, 3.63) is 0 Å². The lowest BCUT2D eigenvalue weighted by molar-refractivity contribution is -0.139. The molecule has 0 spiro atoms. The molecule has 0 saturated heterocycles. The molecule has 0 radical (unpaired) electrons. The highest BCUT2D eigenvalue weighted by Crippen LogP contribution is 2.33. The van der Waals surface area contributed by atoms with Crippen molar-refractivity contribution < 1.29 is 14.7 Å². The maximum Gasteiger partial charge on any atom is 0.305 e. The molecule has 0 aromatic heterocycles. The molecule has 1 rings (SSSR count). The molecule has 1 unspecified atom stereocenters. The van der Waals surface area contributed by atoms with Crippen molar-refractivity contribution in [2.45, 2.75) is 57.4 Å². The summed E-state index contributed by atoms with van der Waals surface area (Å²) in [5.74, 6) is -1.12. The Balaban J connectivity index is 2.65. The first-order valence-corrected chi connectivity index (χ1v) is 6.77. The Morgan fingerprint density at radius 3 is 2.44 bits per heavy atom. The first-order chi connectivity index (χ1) is 8.53. The van der Waals surface area contributed by atoms with Crippen molar-refractivity contribution in [2.75, 3.05) is 6.54 Å². The van der Waals surface area contributed by atoms with Gasteiger partial charge in [0, 0.05) is 6.54 Å². The number of aliphatic carboxylic acids is 1. The number of carboxylic acids is 1. The summed E-state index contributed by atoms with van der Waals surface area (Å²) >= 11 is 0. The molecule has 1 fully saturated rings. The van der Waals surface area contributed by atoms with Crippen LogP contribution >= 0.6 is 0 Å². The molecule has 0 bridgehead atoms. The third-order valence-corrected chi connectivity index (χ3v) is 3.73. The highest BCUT2D eigenvalue weighted by atomic mass is 16.4. The van der Waals surface area contributed by atoms with Crippen molar-refractivity contribution >= 4 is 11.9 Å². The Labute approximate surface area is 108 Å². The average Bonchev–Trinajstić information content (AvgIpc) is 2.72. The fourth-order valence-corrected chi connectivity index (χ4v) is 2.76. The van der Waals surface area contributed by atoms with Gasteiger partial charge in [0.15, 0.2) is 0 Å². The third-order valence-electron chi connectivity index (χ3n) is 3.73. The number of carboxylic acid groups (broad SMARTS) is 1. The van der Waals surface area contributed by atoms with Gasteiger partial charge in [-0.15, -0.1) is 0 Å². The maximum atomic E-state index is 12.1. The second kappa shape index (κ2) is 6.73. The zero-order chi connectivity index (χ0) is 13.6. The van der Waals surface area contributed by atoms with Crippen LogP contribution in [0.3, 0.4) is 0 Å². The topological polar surface area (TPSA) is 92.4 Å². The number of rotatable bonds is 7. The van der Waals surface area contributed by atoms with E-state index in [4.69, 9.17) is 10.8 Å². The van der Waals surface area contributed by atoms with Gasteiger partial charge in [-0.05, 0) is 19.3 Å². The van der Waals surface area contributed by atoms with Gasteiger partial charge in [-0.25, -0.2) is 0 Å². The van der Waals surface area contributed by atoms with E-state index in [1.165, 1.54) is 0 Å². The Morgan fingerprint density at radius 2 is 2.00 bits per heavy atom. The van der Waals surface area contributed by atoms with Crippen molar-refractivity contribution in [1.29, 1.82) is 0 Å². The number of nitrogens with two attached hydrogens (primary N) is 1. The van der Waals surface area contributed by atoms with E-state index in [0.29, 0.717) is 6.54 Å². The zero-order valence-corrected chi connectivity index (χ0v) is 11.1. The minimum absolute atomic E-state index is 0.0160. The summed E-state index contributed by atoms with van der Waals surface area (Å²) in [7, 11) is 0. The van der Waals surface area contributed by atoms with E-state index in [9.17, 15) is 9.59 Å². The van der Waals surface area contributed by atoms with Gasteiger partial charge < -0.3 is 16.2 Å². The lowest BCUT2D eigenvalue weighted by Crippen LogP contribution is -2.50. The summed E-state index contributed by atoms with van der Waals surface area (Å²) in [5.41, 5.74) is 5.06.